The Hall–Kier alpha value is -4.74. The number of aromatic amines is 1. The zero-order valence-corrected chi connectivity index (χ0v) is 21.6. The van der Waals surface area contributed by atoms with E-state index in [-0.39, 0.29) is 40.3 Å². The molecule has 0 amide bonds. The number of alkyl halides is 3. The summed E-state index contributed by atoms with van der Waals surface area (Å²) in [5.74, 6) is -1.33. The van der Waals surface area contributed by atoms with Gasteiger partial charge in [-0.3, -0.25) is 9.78 Å². The number of ether oxygens (including phenoxy) is 2. The average molecular weight is 567 g/mol. The molecule has 0 saturated heterocycles. The highest BCUT2D eigenvalue weighted by Crippen LogP contribution is 2.41. The van der Waals surface area contributed by atoms with E-state index < -0.39 is 17.9 Å². The van der Waals surface area contributed by atoms with Gasteiger partial charge < -0.3 is 19.0 Å². The van der Waals surface area contributed by atoms with Gasteiger partial charge in [-0.25, -0.2) is 4.39 Å². The van der Waals surface area contributed by atoms with Crippen LogP contribution in [0.5, 0.6) is 5.75 Å². The summed E-state index contributed by atoms with van der Waals surface area (Å²) in [6, 6.07) is 10.5. The van der Waals surface area contributed by atoms with Crippen LogP contribution in [0.2, 0.25) is 0 Å². The highest BCUT2D eigenvalue weighted by atomic mass is 19.4. The molecule has 1 aliphatic carbocycles. The second-order valence-corrected chi connectivity index (χ2v) is 9.59. The van der Waals surface area contributed by atoms with Gasteiger partial charge in [0.2, 0.25) is 5.82 Å². The van der Waals surface area contributed by atoms with E-state index in [4.69, 9.17) is 9.26 Å². The maximum atomic E-state index is 14.4. The SMILES string of the molecule is CCOC(=O)CC1CCc2c1[nH]c1ccc(-c3noc(-c4cc(OC(F)(F)F)cc(-c5ccncc5F)c4)n3)cc21. The molecule has 0 saturated carbocycles. The second kappa shape index (κ2) is 10.3. The van der Waals surface area contributed by atoms with Crippen molar-refractivity contribution in [3.8, 4) is 39.7 Å². The number of hydrogen-bond acceptors (Lipinski definition) is 7. The van der Waals surface area contributed by atoms with E-state index in [1.165, 1.54) is 18.3 Å². The number of benzene rings is 2. The zero-order chi connectivity index (χ0) is 28.7. The van der Waals surface area contributed by atoms with Gasteiger partial charge in [0.05, 0.1) is 19.2 Å². The van der Waals surface area contributed by atoms with Crippen molar-refractivity contribution in [3.05, 3.63) is 71.9 Å². The first-order valence-electron chi connectivity index (χ1n) is 12.8. The molecular weight excluding hydrogens is 544 g/mol. The largest absolute Gasteiger partial charge is 0.573 e. The Morgan fingerprint density at radius 1 is 1.12 bits per heavy atom. The topological polar surface area (TPSA) is 103 Å². The van der Waals surface area contributed by atoms with Crippen molar-refractivity contribution in [3.63, 3.8) is 0 Å². The molecule has 0 fully saturated rings. The maximum Gasteiger partial charge on any atom is 0.573 e. The number of nitrogens with one attached hydrogen (secondary N) is 1. The van der Waals surface area contributed by atoms with Crippen molar-refractivity contribution in [2.45, 2.75) is 38.5 Å². The average Bonchev–Trinajstić information content (AvgIpc) is 3.64. The number of H-pyrrole nitrogens is 1. The predicted molar refractivity (Wildman–Crippen MR) is 139 cm³/mol. The standard InChI is InChI=1S/C29H22F4N4O4/c1-2-39-25(38)13-15-3-5-21-22-12-16(4-6-24(22)35-26(15)21)27-36-28(41-37-27)18-9-17(20-7-8-34-14-23(20)30)10-19(11-18)40-29(31,32)33/h4,6-12,14-15,35H,2-3,5,13H2,1H3. The van der Waals surface area contributed by atoms with E-state index in [0.29, 0.717) is 18.6 Å². The Morgan fingerprint density at radius 3 is 2.73 bits per heavy atom. The number of carbonyl (C=O) groups is 1. The van der Waals surface area contributed by atoms with Gasteiger partial charge in [0.15, 0.2) is 0 Å². The number of carbonyl (C=O) groups excluding carboxylic acids is 1. The number of aromatic nitrogens is 4. The fourth-order valence-electron chi connectivity index (χ4n) is 5.25. The van der Waals surface area contributed by atoms with Crippen LogP contribution < -0.4 is 4.74 Å². The molecule has 1 unspecified atom stereocenters. The van der Waals surface area contributed by atoms with Crippen LogP contribution in [0.25, 0.3) is 44.9 Å². The van der Waals surface area contributed by atoms with Gasteiger partial charge in [-0.15, -0.1) is 13.2 Å². The molecule has 0 bridgehead atoms. The first-order valence-corrected chi connectivity index (χ1v) is 12.8. The third-order valence-electron chi connectivity index (χ3n) is 6.96. The lowest BCUT2D eigenvalue weighted by atomic mass is 10.0. The minimum absolute atomic E-state index is 0.0293. The molecule has 1 aliphatic rings. The summed E-state index contributed by atoms with van der Waals surface area (Å²) in [4.78, 5) is 23.6. The van der Waals surface area contributed by atoms with Crippen LogP contribution in [-0.4, -0.2) is 39.0 Å². The Balaban J connectivity index is 1.34. The van der Waals surface area contributed by atoms with Crippen LogP contribution in [0.15, 0.2) is 59.4 Å². The lowest BCUT2D eigenvalue weighted by Gasteiger charge is -2.12. The Morgan fingerprint density at radius 2 is 1.95 bits per heavy atom. The predicted octanol–water partition coefficient (Wildman–Crippen LogP) is 6.97. The first-order chi connectivity index (χ1) is 19.7. The Labute approximate surface area is 230 Å². The molecule has 12 heteroatoms. The molecule has 1 N–H and O–H groups in total. The van der Waals surface area contributed by atoms with Crippen LogP contribution in [-0.2, 0) is 16.0 Å². The Bertz CT molecular complexity index is 1760. The maximum absolute atomic E-state index is 14.4. The quantitative estimate of drug-likeness (QED) is 0.168. The van der Waals surface area contributed by atoms with E-state index in [1.54, 1.807) is 13.0 Å². The van der Waals surface area contributed by atoms with Gasteiger partial charge in [-0.1, -0.05) is 5.16 Å². The molecule has 210 valence electrons. The molecule has 1 atom stereocenters. The third kappa shape index (κ3) is 5.37. The normalized spacial score (nSPS) is 14.8. The van der Waals surface area contributed by atoms with Crippen molar-refractivity contribution in [2.24, 2.45) is 0 Å². The number of hydrogen-bond donors (Lipinski definition) is 1. The minimum atomic E-state index is -4.96. The van der Waals surface area contributed by atoms with E-state index in [0.717, 1.165) is 53.3 Å². The summed E-state index contributed by atoms with van der Waals surface area (Å²) in [7, 11) is 0. The summed E-state index contributed by atoms with van der Waals surface area (Å²) in [6.45, 7) is 2.11. The first kappa shape index (κ1) is 26.5. The van der Waals surface area contributed by atoms with Crippen LogP contribution in [0.4, 0.5) is 17.6 Å². The van der Waals surface area contributed by atoms with E-state index >= 15 is 0 Å². The van der Waals surface area contributed by atoms with Crippen LogP contribution in [0, 0.1) is 5.82 Å². The molecule has 8 nitrogen and oxygen atoms in total. The number of nitrogens with zero attached hydrogens (tertiary/aromatic N) is 3. The smallest absolute Gasteiger partial charge is 0.466 e. The summed E-state index contributed by atoms with van der Waals surface area (Å²) in [6.07, 6.45) is -0.757. The number of esters is 1. The van der Waals surface area contributed by atoms with Crippen LogP contribution in [0.3, 0.4) is 0 Å². The van der Waals surface area contributed by atoms with Gasteiger partial charge in [0.1, 0.15) is 11.6 Å². The minimum Gasteiger partial charge on any atom is -0.466 e. The fourth-order valence-corrected chi connectivity index (χ4v) is 5.25. The molecule has 0 spiro atoms. The van der Waals surface area contributed by atoms with Gasteiger partial charge >= 0.3 is 12.3 Å². The van der Waals surface area contributed by atoms with Crippen molar-refractivity contribution in [2.75, 3.05) is 6.61 Å². The van der Waals surface area contributed by atoms with E-state index in [1.807, 2.05) is 12.1 Å². The lowest BCUT2D eigenvalue weighted by Crippen LogP contribution is -2.17. The van der Waals surface area contributed by atoms with Crippen LogP contribution >= 0.6 is 0 Å². The zero-order valence-electron chi connectivity index (χ0n) is 21.6. The van der Waals surface area contributed by atoms with Gasteiger partial charge in [0.25, 0.3) is 5.89 Å². The summed E-state index contributed by atoms with van der Waals surface area (Å²) >= 11 is 0. The molecular formula is C29H22F4N4O4. The van der Waals surface area contributed by atoms with Crippen molar-refractivity contribution in [1.82, 2.24) is 20.1 Å². The number of rotatable bonds is 7. The number of halogens is 4. The molecule has 41 heavy (non-hydrogen) atoms. The van der Waals surface area contributed by atoms with Crippen molar-refractivity contribution in [1.29, 1.82) is 0 Å². The van der Waals surface area contributed by atoms with Gasteiger partial charge in [0, 0.05) is 45.4 Å². The lowest BCUT2D eigenvalue weighted by molar-refractivity contribution is -0.274. The van der Waals surface area contributed by atoms with Crippen molar-refractivity contribution >= 4 is 16.9 Å². The number of aryl methyl sites for hydroxylation is 1. The molecule has 5 aromatic rings. The summed E-state index contributed by atoms with van der Waals surface area (Å²) < 4.78 is 68.2. The molecule has 3 aromatic heterocycles. The molecule has 2 aromatic carbocycles. The van der Waals surface area contributed by atoms with Gasteiger partial charge in [-0.05, 0) is 73.4 Å². The third-order valence-corrected chi connectivity index (χ3v) is 6.96. The summed E-state index contributed by atoms with van der Waals surface area (Å²) in [5, 5.41) is 5.01. The number of pyridine rings is 1. The Kier molecular flexibility index (Phi) is 6.68. The van der Waals surface area contributed by atoms with Crippen molar-refractivity contribution < 1.29 is 36.4 Å². The summed E-state index contributed by atoms with van der Waals surface area (Å²) in [5.41, 5.74) is 3.91. The highest BCUT2D eigenvalue weighted by molar-refractivity contribution is 5.89. The fraction of sp³-hybridized carbons (Fsp3) is 0.241. The molecule has 3 heterocycles. The molecule has 0 aliphatic heterocycles. The number of fused-ring (bicyclic) bond motifs is 3. The molecule has 6 rings (SSSR count). The van der Waals surface area contributed by atoms with E-state index in [2.05, 4.69) is 24.8 Å². The van der Waals surface area contributed by atoms with E-state index in [9.17, 15) is 22.4 Å². The van der Waals surface area contributed by atoms with Gasteiger partial charge in [-0.2, -0.15) is 4.98 Å². The second-order valence-electron chi connectivity index (χ2n) is 9.59. The molecule has 0 radical (unpaired) electrons. The highest BCUT2D eigenvalue weighted by Gasteiger charge is 2.32. The van der Waals surface area contributed by atoms with Crippen LogP contribution in [0.1, 0.15) is 36.9 Å². The monoisotopic (exact) mass is 566 g/mol.